The highest BCUT2D eigenvalue weighted by atomic mass is 32.2. The van der Waals surface area contributed by atoms with Gasteiger partial charge in [-0.1, -0.05) is 30.3 Å². The first-order valence-electron chi connectivity index (χ1n) is 9.96. The van der Waals surface area contributed by atoms with E-state index in [1.807, 2.05) is 17.0 Å². The van der Waals surface area contributed by atoms with Crippen molar-refractivity contribution in [3.63, 3.8) is 0 Å². The van der Waals surface area contributed by atoms with E-state index in [4.69, 9.17) is 9.90 Å². The van der Waals surface area contributed by atoms with Crippen molar-refractivity contribution in [1.29, 1.82) is 0 Å². The zero-order valence-electron chi connectivity index (χ0n) is 17.9. The number of alkyl halides is 3. The zero-order chi connectivity index (χ0) is 25.3. The molecule has 2 aromatic carbocycles. The van der Waals surface area contributed by atoms with E-state index in [0.717, 1.165) is 10.9 Å². The second kappa shape index (κ2) is 9.11. The van der Waals surface area contributed by atoms with E-state index in [-0.39, 0.29) is 4.90 Å². The molecule has 2 heterocycles. The highest BCUT2D eigenvalue weighted by Gasteiger charge is 2.47. The summed E-state index contributed by atoms with van der Waals surface area (Å²) in [7, 11) is -3.69. The predicted molar refractivity (Wildman–Crippen MR) is 116 cm³/mol. The van der Waals surface area contributed by atoms with Crippen molar-refractivity contribution in [3.05, 3.63) is 66.4 Å². The molecular formula is C22H21F3N2O6S. The molecule has 1 aliphatic rings. The van der Waals surface area contributed by atoms with Crippen LogP contribution in [0.15, 0.2) is 65.7 Å². The largest absolute Gasteiger partial charge is 0.490 e. The number of fused-ring (bicyclic) bond motifs is 1. The lowest BCUT2D eigenvalue weighted by Crippen LogP contribution is -2.61. The maximum atomic E-state index is 13.0. The average Bonchev–Trinajstić information content (AvgIpc) is 3.22. The number of carboxylic acid groups (broad SMARTS) is 2. The summed E-state index contributed by atoms with van der Waals surface area (Å²) in [6.45, 7) is 2.90. The lowest BCUT2D eigenvalue weighted by atomic mass is 9.86. The zero-order valence-corrected chi connectivity index (χ0v) is 18.7. The van der Waals surface area contributed by atoms with Gasteiger partial charge in [0.15, 0.2) is 0 Å². The minimum absolute atomic E-state index is 0.231. The van der Waals surface area contributed by atoms with Crippen molar-refractivity contribution >= 4 is 32.9 Å². The van der Waals surface area contributed by atoms with Crippen LogP contribution in [0.3, 0.4) is 0 Å². The second-order valence-corrected chi connectivity index (χ2v) is 9.65. The summed E-state index contributed by atoms with van der Waals surface area (Å²) < 4.78 is 59.0. The quantitative estimate of drug-likeness (QED) is 0.552. The Kier molecular flexibility index (Phi) is 6.76. The number of halogens is 3. The molecule has 34 heavy (non-hydrogen) atoms. The first-order valence-corrected chi connectivity index (χ1v) is 11.4. The third kappa shape index (κ3) is 4.77. The number of rotatable bonds is 5. The molecule has 8 nitrogen and oxygen atoms in total. The van der Waals surface area contributed by atoms with Crippen LogP contribution in [-0.4, -0.2) is 57.7 Å². The summed E-state index contributed by atoms with van der Waals surface area (Å²) in [4.78, 5) is 22.6. The molecule has 1 aromatic heterocycles. The number of likely N-dealkylation sites (tertiary alicyclic amines) is 1. The van der Waals surface area contributed by atoms with Crippen LogP contribution in [0.25, 0.3) is 10.9 Å². The fourth-order valence-corrected chi connectivity index (χ4v) is 4.93. The van der Waals surface area contributed by atoms with Gasteiger partial charge in [0.05, 0.1) is 10.4 Å². The topological polar surface area (TPSA) is 117 Å². The van der Waals surface area contributed by atoms with E-state index in [0.29, 0.717) is 25.0 Å². The van der Waals surface area contributed by atoms with Crippen molar-refractivity contribution in [2.75, 3.05) is 6.54 Å². The summed E-state index contributed by atoms with van der Waals surface area (Å²) in [5.41, 5.74) is 0.650. The fourth-order valence-electron chi connectivity index (χ4n) is 3.57. The van der Waals surface area contributed by atoms with E-state index in [9.17, 15) is 31.5 Å². The van der Waals surface area contributed by atoms with Crippen molar-refractivity contribution in [1.82, 2.24) is 8.87 Å². The van der Waals surface area contributed by atoms with Gasteiger partial charge < -0.3 is 10.2 Å². The van der Waals surface area contributed by atoms with Crippen LogP contribution in [0, 0.1) is 0 Å². The maximum absolute atomic E-state index is 13.0. The second-order valence-electron chi connectivity index (χ2n) is 7.83. The number of aliphatic carboxylic acids is 2. The highest BCUT2D eigenvalue weighted by molar-refractivity contribution is 7.90. The fraction of sp³-hybridized carbons (Fsp3) is 0.273. The molecule has 0 aliphatic carbocycles. The van der Waals surface area contributed by atoms with Crippen molar-refractivity contribution in [2.45, 2.75) is 36.5 Å². The molecule has 0 unspecified atom stereocenters. The van der Waals surface area contributed by atoms with Gasteiger partial charge in [-0.3, -0.25) is 9.69 Å². The molecule has 3 aromatic rings. The van der Waals surface area contributed by atoms with Crippen LogP contribution in [0.4, 0.5) is 13.2 Å². The summed E-state index contributed by atoms with van der Waals surface area (Å²) in [6.07, 6.45) is -2.91. The Bertz CT molecular complexity index is 1320. The van der Waals surface area contributed by atoms with Gasteiger partial charge in [-0.25, -0.2) is 17.2 Å². The summed E-state index contributed by atoms with van der Waals surface area (Å²) in [5, 5.41) is 17.4. The first kappa shape index (κ1) is 25.2. The van der Waals surface area contributed by atoms with Crippen LogP contribution in [0.1, 0.15) is 18.9 Å². The molecule has 0 saturated carbocycles. The molecule has 1 atom stereocenters. The Morgan fingerprint density at radius 1 is 1.03 bits per heavy atom. The Labute approximate surface area is 192 Å². The molecule has 2 N–H and O–H groups in total. The number of hydrogen-bond acceptors (Lipinski definition) is 5. The van der Waals surface area contributed by atoms with Crippen LogP contribution in [0.5, 0.6) is 0 Å². The van der Waals surface area contributed by atoms with Crippen LogP contribution < -0.4 is 0 Å². The average molecular weight is 498 g/mol. The molecule has 0 bridgehead atoms. The molecule has 182 valence electrons. The molecule has 0 radical (unpaired) electrons. The van der Waals surface area contributed by atoms with E-state index < -0.39 is 33.7 Å². The monoisotopic (exact) mass is 498 g/mol. The number of aromatic nitrogens is 1. The predicted octanol–water partition coefficient (Wildman–Crippen LogP) is 3.56. The van der Waals surface area contributed by atoms with Gasteiger partial charge in [-0.05, 0) is 43.2 Å². The van der Waals surface area contributed by atoms with Gasteiger partial charge in [-0.15, -0.1) is 0 Å². The minimum Gasteiger partial charge on any atom is -0.480 e. The van der Waals surface area contributed by atoms with Crippen LogP contribution in [0.2, 0.25) is 0 Å². The van der Waals surface area contributed by atoms with E-state index in [1.165, 1.54) is 3.97 Å². The molecule has 1 fully saturated rings. The minimum atomic E-state index is -5.08. The van der Waals surface area contributed by atoms with Crippen molar-refractivity contribution in [2.24, 2.45) is 0 Å². The van der Waals surface area contributed by atoms with Crippen molar-refractivity contribution in [3.8, 4) is 0 Å². The Balaban J connectivity index is 0.000000406. The number of benzene rings is 2. The summed E-state index contributed by atoms with van der Waals surface area (Å²) in [6, 6.07) is 15.6. The first-order chi connectivity index (χ1) is 15.8. The number of nitrogens with zero attached hydrogens (tertiary/aromatic N) is 2. The molecule has 1 saturated heterocycles. The lowest BCUT2D eigenvalue weighted by Gasteiger charge is -2.47. The van der Waals surface area contributed by atoms with Gasteiger partial charge in [0, 0.05) is 24.7 Å². The van der Waals surface area contributed by atoms with Crippen LogP contribution in [-0.2, 0) is 26.2 Å². The lowest BCUT2D eigenvalue weighted by molar-refractivity contribution is -0.192. The van der Waals surface area contributed by atoms with Gasteiger partial charge >= 0.3 is 18.1 Å². The third-order valence-corrected chi connectivity index (χ3v) is 7.42. The standard InChI is InChI=1S/C20H20N2O4S.C2HF3O2/c1-20(19(23)24)11-13-21(20)14-15-6-5-9-18-17(15)10-12-22(18)27(25,26)16-7-3-2-4-8-16;3-2(4,5)1(6)7/h2-10,12H,11,13-14H2,1H3,(H,23,24);(H,6,7)/t20-;/m0./s1. The van der Waals surface area contributed by atoms with Gasteiger partial charge in [0.1, 0.15) is 5.54 Å². The number of carboxylic acids is 2. The highest BCUT2D eigenvalue weighted by Crippen LogP contribution is 2.34. The SMILES string of the molecule is C[C@@]1(C(=O)O)CCN1Cc1cccc2c1ccn2S(=O)(=O)c1ccccc1.O=C(O)C(F)(F)F. The smallest absolute Gasteiger partial charge is 0.480 e. The number of carbonyl (C=O) groups is 2. The summed E-state index contributed by atoms with van der Waals surface area (Å²) in [5.74, 6) is -3.59. The van der Waals surface area contributed by atoms with Gasteiger partial charge in [0.25, 0.3) is 10.0 Å². The Morgan fingerprint density at radius 2 is 1.65 bits per heavy atom. The molecule has 4 rings (SSSR count). The molecule has 0 spiro atoms. The third-order valence-electron chi connectivity index (χ3n) is 5.72. The normalized spacial score (nSPS) is 18.6. The Hall–Kier alpha value is -3.38. The van der Waals surface area contributed by atoms with E-state index in [1.54, 1.807) is 55.6 Å². The maximum Gasteiger partial charge on any atom is 0.490 e. The molecule has 1 aliphatic heterocycles. The van der Waals surface area contributed by atoms with Crippen LogP contribution >= 0.6 is 0 Å². The molecule has 0 amide bonds. The number of hydrogen-bond donors (Lipinski definition) is 2. The Morgan fingerprint density at radius 3 is 2.15 bits per heavy atom. The van der Waals surface area contributed by atoms with E-state index >= 15 is 0 Å². The van der Waals surface area contributed by atoms with Gasteiger partial charge in [0.2, 0.25) is 0 Å². The van der Waals surface area contributed by atoms with Crippen molar-refractivity contribution < 1.29 is 41.4 Å². The summed E-state index contributed by atoms with van der Waals surface area (Å²) >= 11 is 0. The molecule has 12 heteroatoms. The molecular weight excluding hydrogens is 477 g/mol. The van der Waals surface area contributed by atoms with E-state index in [2.05, 4.69) is 0 Å². The van der Waals surface area contributed by atoms with Gasteiger partial charge in [-0.2, -0.15) is 13.2 Å².